The lowest BCUT2D eigenvalue weighted by atomic mass is 10.4. The van der Waals surface area contributed by atoms with Gasteiger partial charge in [-0.3, -0.25) is 4.79 Å². The molecule has 0 saturated carbocycles. The van der Waals surface area contributed by atoms with Gasteiger partial charge in [-0.25, -0.2) is 4.79 Å². The molecule has 0 bridgehead atoms. The maximum Gasteiger partial charge on any atom is 0.354 e. The van der Waals surface area contributed by atoms with Gasteiger partial charge in [0.15, 0.2) is 0 Å². The third-order valence-electron chi connectivity index (χ3n) is 2.21. The Hall–Kier alpha value is -1.82. The number of methoxy groups -OCH3 is 1. The minimum atomic E-state index is -0.992. The van der Waals surface area contributed by atoms with Gasteiger partial charge in [-0.2, -0.15) is 0 Å². The second-order valence-corrected chi connectivity index (χ2v) is 4.12. The first-order chi connectivity index (χ1) is 7.63. The van der Waals surface area contributed by atoms with E-state index in [1.54, 1.807) is 12.1 Å². The van der Waals surface area contributed by atoms with Gasteiger partial charge in [-0.05, 0) is 17.5 Å². The van der Waals surface area contributed by atoms with Crippen LogP contribution in [0.1, 0.15) is 10.5 Å². The molecule has 2 aromatic heterocycles. The fraction of sp³-hybridized carbons (Fsp3) is 0.200. The second kappa shape index (κ2) is 3.97. The molecule has 0 saturated heterocycles. The summed E-state index contributed by atoms with van der Waals surface area (Å²) in [7, 11) is 1.27. The topological polar surface area (TPSA) is 68.5 Å². The highest BCUT2D eigenvalue weighted by atomic mass is 32.1. The van der Waals surface area contributed by atoms with Crippen molar-refractivity contribution >= 4 is 33.5 Å². The predicted octanol–water partition coefficient (Wildman–Crippen LogP) is 1.57. The molecule has 0 aliphatic heterocycles. The normalized spacial score (nSPS) is 10.6. The monoisotopic (exact) mass is 239 g/mol. The standard InChI is InChI=1S/C10H9NO4S/c1-15-10(14)7-4-8-6(2-3-16-8)11(7)5-9(12)13/h2-4H,5H2,1H3,(H,12,13). The van der Waals surface area contributed by atoms with Gasteiger partial charge in [0.1, 0.15) is 12.2 Å². The zero-order valence-corrected chi connectivity index (χ0v) is 9.28. The first-order valence-electron chi connectivity index (χ1n) is 4.50. The number of hydrogen-bond donors (Lipinski definition) is 1. The van der Waals surface area contributed by atoms with Crippen LogP contribution in [0.25, 0.3) is 10.2 Å². The molecule has 0 fully saturated rings. The van der Waals surface area contributed by atoms with Crippen LogP contribution in [-0.2, 0) is 16.1 Å². The van der Waals surface area contributed by atoms with Gasteiger partial charge in [0.25, 0.3) is 0 Å². The summed E-state index contributed by atoms with van der Waals surface area (Å²) in [5.41, 5.74) is 1.01. The minimum Gasteiger partial charge on any atom is -0.480 e. The molecule has 0 radical (unpaired) electrons. The molecule has 0 aliphatic rings. The van der Waals surface area contributed by atoms with Crippen LogP contribution in [-0.4, -0.2) is 28.7 Å². The average Bonchev–Trinajstić information content (AvgIpc) is 2.79. The van der Waals surface area contributed by atoms with Gasteiger partial charge < -0.3 is 14.4 Å². The number of carboxylic acid groups (broad SMARTS) is 1. The number of rotatable bonds is 3. The van der Waals surface area contributed by atoms with E-state index in [1.807, 2.05) is 5.38 Å². The molecule has 5 nitrogen and oxygen atoms in total. The number of esters is 1. The number of nitrogens with zero attached hydrogens (tertiary/aromatic N) is 1. The second-order valence-electron chi connectivity index (χ2n) is 3.17. The molecular formula is C10H9NO4S. The zero-order chi connectivity index (χ0) is 11.7. The number of aromatic nitrogens is 1. The van der Waals surface area contributed by atoms with Crippen LogP contribution in [0.5, 0.6) is 0 Å². The Kier molecular flexibility index (Phi) is 2.66. The van der Waals surface area contributed by atoms with Crippen molar-refractivity contribution in [1.82, 2.24) is 4.57 Å². The van der Waals surface area contributed by atoms with Gasteiger partial charge in [0, 0.05) is 0 Å². The van der Waals surface area contributed by atoms with Crippen LogP contribution in [0, 0.1) is 0 Å². The number of thiophene rings is 1. The van der Waals surface area contributed by atoms with E-state index in [0.29, 0.717) is 0 Å². The summed E-state index contributed by atoms with van der Waals surface area (Å²) >= 11 is 1.46. The van der Waals surface area contributed by atoms with Gasteiger partial charge in [0.2, 0.25) is 0 Å². The highest BCUT2D eigenvalue weighted by molar-refractivity contribution is 7.17. The molecule has 0 aromatic carbocycles. The minimum absolute atomic E-state index is 0.245. The molecular weight excluding hydrogens is 230 g/mol. The van der Waals surface area contributed by atoms with Crippen LogP contribution in [0.15, 0.2) is 17.5 Å². The molecule has 2 aromatic rings. The van der Waals surface area contributed by atoms with Crippen molar-refractivity contribution in [3.05, 3.63) is 23.2 Å². The quantitative estimate of drug-likeness (QED) is 0.825. The summed E-state index contributed by atoms with van der Waals surface area (Å²) in [5.74, 6) is -1.52. The molecule has 2 rings (SSSR count). The highest BCUT2D eigenvalue weighted by Crippen LogP contribution is 2.25. The molecule has 0 amide bonds. The maximum atomic E-state index is 11.5. The van der Waals surface area contributed by atoms with E-state index in [9.17, 15) is 9.59 Å². The van der Waals surface area contributed by atoms with Gasteiger partial charge in [0.05, 0.1) is 17.3 Å². The number of hydrogen-bond acceptors (Lipinski definition) is 4. The molecule has 16 heavy (non-hydrogen) atoms. The molecule has 84 valence electrons. The van der Waals surface area contributed by atoms with E-state index in [0.717, 1.165) is 10.2 Å². The Morgan fingerprint density at radius 3 is 2.94 bits per heavy atom. The van der Waals surface area contributed by atoms with Crippen molar-refractivity contribution in [2.45, 2.75) is 6.54 Å². The lowest BCUT2D eigenvalue weighted by Crippen LogP contribution is -2.15. The van der Waals surface area contributed by atoms with Crippen LogP contribution in [0.2, 0.25) is 0 Å². The number of aliphatic carboxylic acids is 1. The van der Waals surface area contributed by atoms with Crippen molar-refractivity contribution in [1.29, 1.82) is 0 Å². The molecule has 2 heterocycles. The van der Waals surface area contributed by atoms with Crippen LogP contribution < -0.4 is 0 Å². The van der Waals surface area contributed by atoms with Crippen LogP contribution in [0.3, 0.4) is 0 Å². The highest BCUT2D eigenvalue weighted by Gasteiger charge is 2.18. The Labute approximate surface area is 94.9 Å². The van der Waals surface area contributed by atoms with Crippen molar-refractivity contribution in [3.63, 3.8) is 0 Å². The van der Waals surface area contributed by atoms with Gasteiger partial charge in [-0.1, -0.05) is 0 Å². The summed E-state index contributed by atoms with van der Waals surface area (Å²) in [6.45, 7) is -0.245. The summed E-state index contributed by atoms with van der Waals surface area (Å²) < 4.78 is 6.93. The smallest absolute Gasteiger partial charge is 0.354 e. The van der Waals surface area contributed by atoms with Crippen molar-refractivity contribution < 1.29 is 19.4 Å². The number of carboxylic acids is 1. The third-order valence-corrected chi connectivity index (χ3v) is 3.06. The van der Waals surface area contributed by atoms with Gasteiger partial charge >= 0.3 is 11.9 Å². The number of ether oxygens (including phenoxy) is 1. The largest absolute Gasteiger partial charge is 0.480 e. The van der Waals surface area contributed by atoms with E-state index in [1.165, 1.54) is 23.0 Å². The van der Waals surface area contributed by atoms with Crippen molar-refractivity contribution in [2.24, 2.45) is 0 Å². The van der Waals surface area contributed by atoms with Crippen LogP contribution >= 0.6 is 11.3 Å². The maximum absolute atomic E-state index is 11.5. The molecule has 0 atom stereocenters. The van der Waals surface area contributed by atoms with Crippen LogP contribution in [0.4, 0.5) is 0 Å². The van der Waals surface area contributed by atoms with E-state index < -0.39 is 11.9 Å². The first-order valence-corrected chi connectivity index (χ1v) is 5.38. The summed E-state index contributed by atoms with van der Waals surface area (Å²) in [6, 6.07) is 3.43. The fourth-order valence-corrected chi connectivity index (χ4v) is 2.38. The molecule has 0 spiro atoms. The number of carbonyl (C=O) groups is 2. The summed E-state index contributed by atoms with van der Waals surface area (Å²) in [5, 5.41) is 10.6. The summed E-state index contributed by atoms with van der Waals surface area (Å²) in [6.07, 6.45) is 0. The Bertz CT molecular complexity index is 554. The molecule has 6 heteroatoms. The van der Waals surface area contributed by atoms with Gasteiger partial charge in [-0.15, -0.1) is 11.3 Å². The molecule has 0 unspecified atom stereocenters. The Balaban J connectivity index is 2.58. The zero-order valence-electron chi connectivity index (χ0n) is 8.47. The fourth-order valence-electron chi connectivity index (χ4n) is 1.56. The van der Waals surface area contributed by atoms with E-state index in [2.05, 4.69) is 4.74 Å². The van der Waals surface area contributed by atoms with Crippen molar-refractivity contribution in [2.75, 3.05) is 7.11 Å². The van der Waals surface area contributed by atoms with E-state index >= 15 is 0 Å². The predicted molar refractivity (Wildman–Crippen MR) is 58.8 cm³/mol. The van der Waals surface area contributed by atoms with E-state index in [-0.39, 0.29) is 12.2 Å². The molecule has 1 N–H and O–H groups in total. The molecule has 0 aliphatic carbocycles. The van der Waals surface area contributed by atoms with E-state index in [4.69, 9.17) is 5.11 Å². The summed E-state index contributed by atoms with van der Waals surface area (Å²) in [4.78, 5) is 22.2. The number of fused-ring (bicyclic) bond motifs is 1. The average molecular weight is 239 g/mol. The third kappa shape index (κ3) is 1.67. The van der Waals surface area contributed by atoms with Crippen molar-refractivity contribution in [3.8, 4) is 0 Å². The number of carbonyl (C=O) groups excluding carboxylic acids is 1. The first kappa shape index (κ1) is 10.7. The SMILES string of the molecule is COC(=O)c1cc2sccc2n1CC(=O)O. The lowest BCUT2D eigenvalue weighted by molar-refractivity contribution is -0.137. The Morgan fingerprint density at radius 2 is 2.31 bits per heavy atom. The lowest BCUT2D eigenvalue weighted by Gasteiger charge is -2.05. The Morgan fingerprint density at radius 1 is 1.56 bits per heavy atom.